The zero-order valence-electron chi connectivity index (χ0n) is 10.2. The van der Waals surface area contributed by atoms with Gasteiger partial charge >= 0.3 is 12.3 Å². The van der Waals surface area contributed by atoms with E-state index in [4.69, 9.17) is 5.11 Å². The first-order valence-electron chi connectivity index (χ1n) is 5.52. The van der Waals surface area contributed by atoms with Gasteiger partial charge in [0.25, 0.3) is 0 Å². The molecule has 0 saturated heterocycles. The van der Waals surface area contributed by atoms with Crippen molar-refractivity contribution in [2.24, 2.45) is 0 Å². The zero-order chi connectivity index (χ0) is 15.6. The summed E-state index contributed by atoms with van der Waals surface area (Å²) in [6.45, 7) is 0. The number of hydrogen-bond acceptors (Lipinski definition) is 3. The van der Waals surface area contributed by atoms with E-state index in [0.717, 1.165) is 18.2 Å². The SMILES string of the molecule is O=C(O)c1ccc(-c2ccc(OC(F)(F)F)cc2)c(F)n1. The molecule has 1 aromatic heterocycles. The van der Waals surface area contributed by atoms with E-state index < -0.39 is 29.7 Å². The number of aromatic carboxylic acids is 1. The van der Waals surface area contributed by atoms with Crippen molar-refractivity contribution in [3.63, 3.8) is 0 Å². The fourth-order valence-corrected chi connectivity index (χ4v) is 1.60. The maximum absolute atomic E-state index is 13.7. The molecule has 2 rings (SSSR count). The molecule has 0 spiro atoms. The van der Waals surface area contributed by atoms with Crippen molar-refractivity contribution in [2.75, 3.05) is 0 Å². The standard InChI is InChI=1S/C13H7F4NO3/c14-11-9(5-6-10(18-11)12(19)20)7-1-3-8(4-2-7)21-13(15,16)17/h1-6H,(H,19,20). The Morgan fingerprint density at radius 1 is 1.10 bits per heavy atom. The van der Waals surface area contributed by atoms with Crippen LogP contribution in [0.2, 0.25) is 0 Å². The number of carboxylic acid groups (broad SMARTS) is 1. The highest BCUT2D eigenvalue weighted by Crippen LogP contribution is 2.27. The van der Waals surface area contributed by atoms with E-state index in [2.05, 4.69) is 9.72 Å². The first-order chi connectivity index (χ1) is 9.76. The lowest BCUT2D eigenvalue weighted by molar-refractivity contribution is -0.274. The number of nitrogens with zero attached hydrogens (tertiary/aromatic N) is 1. The number of alkyl halides is 3. The molecule has 0 amide bonds. The average molecular weight is 301 g/mol. The lowest BCUT2D eigenvalue weighted by Gasteiger charge is -2.09. The van der Waals surface area contributed by atoms with Crippen molar-refractivity contribution >= 4 is 5.97 Å². The molecule has 0 atom stereocenters. The van der Waals surface area contributed by atoms with E-state index in [1.54, 1.807) is 0 Å². The van der Waals surface area contributed by atoms with Gasteiger partial charge in [0.15, 0.2) is 5.69 Å². The number of rotatable bonds is 3. The molecule has 0 bridgehead atoms. The molecule has 0 radical (unpaired) electrons. The minimum absolute atomic E-state index is 0.0291. The molecule has 0 aliphatic rings. The molecule has 110 valence electrons. The Bertz CT molecular complexity index is 668. The van der Waals surface area contributed by atoms with Crippen LogP contribution in [-0.2, 0) is 0 Å². The second-order valence-electron chi connectivity index (χ2n) is 3.91. The van der Waals surface area contributed by atoms with E-state index >= 15 is 0 Å². The Morgan fingerprint density at radius 3 is 2.19 bits per heavy atom. The van der Waals surface area contributed by atoms with Crippen molar-refractivity contribution in [3.8, 4) is 16.9 Å². The van der Waals surface area contributed by atoms with Gasteiger partial charge in [0.1, 0.15) is 5.75 Å². The third kappa shape index (κ3) is 3.68. The third-order valence-corrected chi connectivity index (χ3v) is 2.47. The first-order valence-corrected chi connectivity index (χ1v) is 5.52. The van der Waals surface area contributed by atoms with E-state index in [1.165, 1.54) is 18.2 Å². The molecule has 0 aliphatic heterocycles. The Morgan fingerprint density at radius 2 is 1.71 bits per heavy atom. The molecule has 0 fully saturated rings. The molecular weight excluding hydrogens is 294 g/mol. The molecule has 1 aromatic carbocycles. The maximum Gasteiger partial charge on any atom is 0.573 e. The van der Waals surface area contributed by atoms with Crippen LogP contribution in [0.1, 0.15) is 10.5 Å². The van der Waals surface area contributed by atoms with Crippen LogP contribution in [-0.4, -0.2) is 22.4 Å². The van der Waals surface area contributed by atoms with Crippen molar-refractivity contribution < 1.29 is 32.2 Å². The van der Waals surface area contributed by atoms with E-state index in [9.17, 15) is 22.4 Å². The fraction of sp³-hybridized carbons (Fsp3) is 0.0769. The second kappa shape index (κ2) is 5.39. The largest absolute Gasteiger partial charge is 0.573 e. The van der Waals surface area contributed by atoms with Crippen molar-refractivity contribution in [1.29, 1.82) is 0 Å². The van der Waals surface area contributed by atoms with Gasteiger partial charge in [-0.25, -0.2) is 9.78 Å². The lowest BCUT2D eigenvalue weighted by Crippen LogP contribution is -2.16. The summed E-state index contributed by atoms with van der Waals surface area (Å²) in [6, 6.07) is 6.75. The van der Waals surface area contributed by atoms with Gasteiger partial charge in [0.05, 0.1) is 0 Å². The molecule has 21 heavy (non-hydrogen) atoms. The molecule has 2 aromatic rings. The van der Waals surface area contributed by atoms with Crippen molar-refractivity contribution in [1.82, 2.24) is 4.98 Å². The summed E-state index contributed by atoms with van der Waals surface area (Å²) in [6.07, 6.45) is -4.81. The van der Waals surface area contributed by atoms with Crippen LogP contribution < -0.4 is 4.74 Å². The van der Waals surface area contributed by atoms with Crippen LogP contribution in [0, 0.1) is 5.95 Å². The number of aromatic nitrogens is 1. The minimum atomic E-state index is -4.81. The van der Waals surface area contributed by atoms with Gasteiger partial charge in [-0.1, -0.05) is 12.1 Å². The van der Waals surface area contributed by atoms with Crippen LogP contribution in [0.5, 0.6) is 5.75 Å². The van der Waals surface area contributed by atoms with E-state index in [-0.39, 0.29) is 11.1 Å². The van der Waals surface area contributed by atoms with Crippen LogP contribution in [0.25, 0.3) is 11.1 Å². The Labute approximate surface area is 115 Å². The highest BCUT2D eigenvalue weighted by atomic mass is 19.4. The zero-order valence-corrected chi connectivity index (χ0v) is 10.2. The molecule has 1 heterocycles. The third-order valence-electron chi connectivity index (χ3n) is 2.47. The monoisotopic (exact) mass is 301 g/mol. The highest BCUT2D eigenvalue weighted by Gasteiger charge is 2.31. The summed E-state index contributed by atoms with van der Waals surface area (Å²) in [5.74, 6) is -2.85. The van der Waals surface area contributed by atoms with Crippen LogP contribution in [0.15, 0.2) is 36.4 Å². The predicted molar refractivity (Wildman–Crippen MR) is 63.3 cm³/mol. The van der Waals surface area contributed by atoms with Gasteiger partial charge in [0, 0.05) is 5.56 Å². The number of ether oxygens (including phenoxy) is 1. The van der Waals surface area contributed by atoms with E-state index in [1.807, 2.05) is 0 Å². The van der Waals surface area contributed by atoms with Gasteiger partial charge in [-0.2, -0.15) is 4.39 Å². The molecule has 0 saturated carbocycles. The summed E-state index contributed by atoms with van der Waals surface area (Å²) in [4.78, 5) is 13.9. The average Bonchev–Trinajstić information content (AvgIpc) is 2.38. The normalized spacial score (nSPS) is 11.2. The Balaban J connectivity index is 2.29. The quantitative estimate of drug-likeness (QED) is 0.696. The van der Waals surface area contributed by atoms with Gasteiger partial charge < -0.3 is 9.84 Å². The molecule has 8 heteroatoms. The van der Waals surface area contributed by atoms with E-state index in [0.29, 0.717) is 0 Å². The number of pyridine rings is 1. The van der Waals surface area contributed by atoms with Crippen molar-refractivity contribution in [3.05, 3.63) is 48.0 Å². The second-order valence-corrected chi connectivity index (χ2v) is 3.91. The molecular formula is C13H7F4NO3. The molecule has 4 nitrogen and oxygen atoms in total. The molecule has 0 aliphatic carbocycles. The summed E-state index contributed by atoms with van der Waals surface area (Å²) in [7, 11) is 0. The topological polar surface area (TPSA) is 59.4 Å². The number of benzene rings is 1. The number of halogens is 4. The summed E-state index contributed by atoms with van der Waals surface area (Å²) >= 11 is 0. The number of carbonyl (C=O) groups is 1. The summed E-state index contributed by atoms with van der Waals surface area (Å²) in [5, 5.41) is 8.66. The predicted octanol–water partition coefficient (Wildman–Crippen LogP) is 3.48. The molecule has 0 unspecified atom stereocenters. The summed E-state index contributed by atoms with van der Waals surface area (Å²) < 4.78 is 53.4. The molecule has 1 N–H and O–H groups in total. The summed E-state index contributed by atoms with van der Waals surface area (Å²) in [5.41, 5.74) is -0.252. The van der Waals surface area contributed by atoms with Gasteiger partial charge in [-0.3, -0.25) is 0 Å². The highest BCUT2D eigenvalue weighted by molar-refractivity contribution is 5.85. The van der Waals surface area contributed by atoms with Gasteiger partial charge in [0.2, 0.25) is 5.95 Å². The smallest absolute Gasteiger partial charge is 0.477 e. The van der Waals surface area contributed by atoms with Crippen molar-refractivity contribution in [2.45, 2.75) is 6.36 Å². The first kappa shape index (κ1) is 14.8. The Hall–Kier alpha value is -2.64. The van der Waals surface area contributed by atoms with Gasteiger partial charge in [-0.15, -0.1) is 13.2 Å². The van der Waals surface area contributed by atoms with Crippen LogP contribution in [0.4, 0.5) is 17.6 Å². The van der Waals surface area contributed by atoms with Crippen LogP contribution >= 0.6 is 0 Å². The lowest BCUT2D eigenvalue weighted by atomic mass is 10.1. The number of hydrogen-bond donors (Lipinski definition) is 1. The van der Waals surface area contributed by atoms with Crippen LogP contribution in [0.3, 0.4) is 0 Å². The fourth-order valence-electron chi connectivity index (χ4n) is 1.60. The van der Waals surface area contributed by atoms with Gasteiger partial charge in [-0.05, 0) is 29.8 Å². The Kier molecular flexibility index (Phi) is 3.79. The number of carboxylic acids is 1. The minimum Gasteiger partial charge on any atom is -0.477 e. The maximum atomic E-state index is 13.7.